The Hall–Kier alpha value is -1.16. The first-order chi connectivity index (χ1) is 12.8. The third-order valence-electron chi connectivity index (χ3n) is 4.71. The van der Waals surface area contributed by atoms with E-state index in [1.807, 2.05) is 30.8 Å². The molecule has 0 saturated carbocycles. The van der Waals surface area contributed by atoms with E-state index in [2.05, 4.69) is 50.5 Å². The highest BCUT2D eigenvalue weighted by Crippen LogP contribution is 2.16. The monoisotopic (exact) mass is 565 g/mol. The third-order valence-corrected chi connectivity index (χ3v) is 5.20. The van der Waals surface area contributed by atoms with Gasteiger partial charge in [-0.15, -0.1) is 24.0 Å². The van der Waals surface area contributed by atoms with Gasteiger partial charge >= 0.3 is 0 Å². The standard InChI is InChI=1S/C20H29BrFN5.HI/c1-13(11-18-14(2)26-27(5)15(18)3)25-20(23-4)24-10-6-7-16-8-9-17(21)12-19(16)22;/h8-9,12-13H,6-7,10-11H2,1-5H3,(H2,23,24,25);1H. The summed E-state index contributed by atoms with van der Waals surface area (Å²) in [7, 11) is 3.73. The highest BCUT2D eigenvalue weighted by molar-refractivity contribution is 14.0. The Balaban J connectivity index is 0.00000392. The number of aromatic nitrogens is 2. The maximum Gasteiger partial charge on any atom is 0.191 e. The van der Waals surface area contributed by atoms with Gasteiger partial charge in [-0.3, -0.25) is 9.67 Å². The van der Waals surface area contributed by atoms with Crippen molar-refractivity contribution in [1.29, 1.82) is 0 Å². The molecule has 0 aliphatic rings. The number of hydrogen-bond acceptors (Lipinski definition) is 2. The molecule has 0 aliphatic heterocycles. The van der Waals surface area contributed by atoms with Crippen LogP contribution in [0.15, 0.2) is 27.7 Å². The molecule has 2 aromatic rings. The molecular formula is C20H30BrFIN5. The van der Waals surface area contributed by atoms with Gasteiger partial charge in [-0.2, -0.15) is 5.10 Å². The van der Waals surface area contributed by atoms with E-state index in [1.165, 1.54) is 17.3 Å². The molecule has 1 aromatic heterocycles. The van der Waals surface area contributed by atoms with Crippen molar-refractivity contribution < 1.29 is 4.39 Å². The van der Waals surface area contributed by atoms with Crippen LogP contribution in [0.2, 0.25) is 0 Å². The van der Waals surface area contributed by atoms with Gasteiger partial charge in [0, 0.05) is 36.8 Å². The minimum Gasteiger partial charge on any atom is -0.356 e. The summed E-state index contributed by atoms with van der Waals surface area (Å²) in [6.07, 6.45) is 2.40. The van der Waals surface area contributed by atoms with Crippen LogP contribution in [0.5, 0.6) is 0 Å². The molecule has 0 aliphatic carbocycles. The lowest BCUT2D eigenvalue weighted by Gasteiger charge is -2.18. The first kappa shape index (κ1) is 24.9. The summed E-state index contributed by atoms with van der Waals surface area (Å²) >= 11 is 3.28. The van der Waals surface area contributed by atoms with Gasteiger partial charge in [0.1, 0.15) is 5.82 Å². The van der Waals surface area contributed by atoms with Gasteiger partial charge in [0.15, 0.2) is 5.96 Å². The molecule has 1 unspecified atom stereocenters. The van der Waals surface area contributed by atoms with Crippen LogP contribution < -0.4 is 10.6 Å². The van der Waals surface area contributed by atoms with Gasteiger partial charge in [-0.05, 0) is 63.3 Å². The lowest BCUT2D eigenvalue weighted by Crippen LogP contribution is -2.43. The molecule has 0 radical (unpaired) electrons. The van der Waals surface area contributed by atoms with Gasteiger partial charge in [-0.1, -0.05) is 22.0 Å². The van der Waals surface area contributed by atoms with E-state index in [0.717, 1.165) is 41.1 Å². The predicted octanol–water partition coefficient (Wildman–Crippen LogP) is 4.29. The van der Waals surface area contributed by atoms with Crippen molar-refractivity contribution in [2.45, 2.75) is 46.1 Å². The summed E-state index contributed by atoms with van der Waals surface area (Å²) in [5.74, 6) is 0.598. The minimum atomic E-state index is -0.164. The molecule has 8 heteroatoms. The van der Waals surface area contributed by atoms with E-state index in [9.17, 15) is 4.39 Å². The third kappa shape index (κ3) is 7.02. The Labute approximate surface area is 192 Å². The van der Waals surface area contributed by atoms with Crippen LogP contribution in [-0.2, 0) is 19.9 Å². The maximum absolute atomic E-state index is 13.9. The average Bonchev–Trinajstić information content (AvgIpc) is 2.85. The zero-order valence-electron chi connectivity index (χ0n) is 17.1. The highest BCUT2D eigenvalue weighted by Gasteiger charge is 2.14. The molecule has 1 aromatic carbocycles. The van der Waals surface area contributed by atoms with Gasteiger partial charge in [0.25, 0.3) is 0 Å². The molecule has 0 saturated heterocycles. The lowest BCUT2D eigenvalue weighted by atomic mass is 10.1. The Morgan fingerprint density at radius 2 is 2.07 bits per heavy atom. The van der Waals surface area contributed by atoms with Gasteiger partial charge in [0.05, 0.1) is 5.69 Å². The molecule has 0 amide bonds. The van der Waals surface area contributed by atoms with Crippen LogP contribution in [0.1, 0.15) is 35.9 Å². The summed E-state index contributed by atoms with van der Waals surface area (Å²) in [6.45, 7) is 7.00. The van der Waals surface area contributed by atoms with Crippen LogP contribution in [-0.4, -0.2) is 35.4 Å². The van der Waals surface area contributed by atoms with Crippen molar-refractivity contribution in [3.63, 3.8) is 0 Å². The van der Waals surface area contributed by atoms with Crippen molar-refractivity contribution >= 4 is 45.9 Å². The number of nitrogens with zero attached hydrogens (tertiary/aromatic N) is 3. The van der Waals surface area contributed by atoms with E-state index in [-0.39, 0.29) is 35.8 Å². The van der Waals surface area contributed by atoms with E-state index in [4.69, 9.17) is 0 Å². The second-order valence-electron chi connectivity index (χ2n) is 6.86. The molecule has 0 fully saturated rings. The lowest BCUT2D eigenvalue weighted by molar-refractivity contribution is 0.599. The summed E-state index contributed by atoms with van der Waals surface area (Å²) < 4.78 is 16.5. The number of nitrogens with one attached hydrogen (secondary N) is 2. The Morgan fingerprint density at radius 1 is 1.36 bits per heavy atom. The molecule has 5 nitrogen and oxygen atoms in total. The number of guanidine groups is 1. The number of aliphatic imine (C=N–C) groups is 1. The van der Waals surface area contributed by atoms with E-state index >= 15 is 0 Å². The summed E-state index contributed by atoms with van der Waals surface area (Å²) in [4.78, 5) is 4.29. The summed E-state index contributed by atoms with van der Waals surface area (Å²) in [5, 5.41) is 11.2. The van der Waals surface area contributed by atoms with Crippen molar-refractivity contribution in [3.8, 4) is 0 Å². The Morgan fingerprint density at radius 3 is 2.64 bits per heavy atom. The minimum absolute atomic E-state index is 0. The smallest absolute Gasteiger partial charge is 0.191 e. The largest absolute Gasteiger partial charge is 0.356 e. The Kier molecular flexibility index (Phi) is 10.4. The van der Waals surface area contributed by atoms with E-state index < -0.39 is 0 Å². The summed E-state index contributed by atoms with van der Waals surface area (Å²) in [6, 6.07) is 5.43. The van der Waals surface area contributed by atoms with Gasteiger partial charge < -0.3 is 10.6 Å². The fourth-order valence-corrected chi connectivity index (χ4v) is 3.44. The fraction of sp³-hybridized carbons (Fsp3) is 0.500. The molecule has 1 atom stereocenters. The normalized spacial score (nSPS) is 12.5. The van der Waals surface area contributed by atoms with Crippen LogP contribution in [0.3, 0.4) is 0 Å². The number of hydrogen-bond donors (Lipinski definition) is 2. The van der Waals surface area contributed by atoms with Gasteiger partial charge in [-0.25, -0.2) is 4.39 Å². The van der Waals surface area contributed by atoms with Crippen LogP contribution >= 0.6 is 39.9 Å². The first-order valence-electron chi connectivity index (χ1n) is 9.22. The van der Waals surface area contributed by atoms with Crippen molar-refractivity contribution in [1.82, 2.24) is 20.4 Å². The predicted molar refractivity (Wildman–Crippen MR) is 128 cm³/mol. The molecule has 0 bridgehead atoms. The van der Waals surface area contributed by atoms with E-state index in [1.54, 1.807) is 7.05 Å². The van der Waals surface area contributed by atoms with Crippen molar-refractivity contribution in [2.24, 2.45) is 12.0 Å². The molecule has 2 N–H and O–H groups in total. The van der Waals surface area contributed by atoms with Crippen LogP contribution in [0, 0.1) is 19.7 Å². The molecule has 156 valence electrons. The second kappa shape index (κ2) is 11.7. The van der Waals surface area contributed by atoms with Gasteiger partial charge in [0.2, 0.25) is 0 Å². The molecule has 2 rings (SSSR count). The number of halogens is 3. The quantitative estimate of drug-likeness (QED) is 0.228. The molecule has 1 heterocycles. The van der Waals surface area contributed by atoms with Crippen molar-refractivity contribution in [2.75, 3.05) is 13.6 Å². The van der Waals surface area contributed by atoms with E-state index in [0.29, 0.717) is 6.42 Å². The van der Waals surface area contributed by atoms with Crippen LogP contribution in [0.4, 0.5) is 4.39 Å². The Bertz CT molecular complexity index is 806. The maximum atomic E-state index is 13.9. The number of benzene rings is 1. The zero-order valence-corrected chi connectivity index (χ0v) is 21.1. The topological polar surface area (TPSA) is 54.2 Å². The number of rotatable bonds is 7. The van der Waals surface area contributed by atoms with Crippen molar-refractivity contribution in [3.05, 3.63) is 51.0 Å². The molecule has 28 heavy (non-hydrogen) atoms. The van der Waals surface area contributed by atoms with Crippen LogP contribution in [0.25, 0.3) is 0 Å². The highest BCUT2D eigenvalue weighted by atomic mass is 127. The SMILES string of the molecule is CN=C(NCCCc1ccc(Br)cc1F)NC(C)Cc1c(C)nn(C)c1C.I. The fourth-order valence-electron chi connectivity index (χ4n) is 3.11. The molecular weight excluding hydrogens is 536 g/mol. The number of aryl methyl sites for hydroxylation is 3. The second-order valence-corrected chi connectivity index (χ2v) is 7.78. The zero-order chi connectivity index (χ0) is 20.0. The average molecular weight is 566 g/mol. The summed E-state index contributed by atoms with van der Waals surface area (Å²) in [5.41, 5.74) is 4.28. The molecule has 0 spiro atoms. The first-order valence-corrected chi connectivity index (χ1v) is 10.0.